The van der Waals surface area contributed by atoms with E-state index >= 15 is 0 Å². The summed E-state index contributed by atoms with van der Waals surface area (Å²) in [5.41, 5.74) is 0. The van der Waals surface area contributed by atoms with Crippen molar-refractivity contribution in [3.8, 4) is 0 Å². The van der Waals surface area contributed by atoms with E-state index in [1.165, 1.54) is 7.11 Å². The summed E-state index contributed by atoms with van der Waals surface area (Å²) in [4.78, 5) is 10.8. The fraction of sp³-hybridized carbons (Fsp3) is 0.857. The van der Waals surface area contributed by atoms with Crippen molar-refractivity contribution in [2.45, 2.75) is 12.5 Å². The summed E-state index contributed by atoms with van der Waals surface area (Å²) in [5, 5.41) is 2.13. The Morgan fingerprint density at radius 1 is 1.82 bits per heavy atom. The van der Waals surface area contributed by atoms with E-state index in [2.05, 4.69) is 10.1 Å². The Bertz CT molecular complexity index is 132. The Morgan fingerprint density at radius 2 is 2.64 bits per heavy atom. The topological polar surface area (TPSA) is 52.1 Å². The van der Waals surface area contributed by atoms with E-state index in [9.17, 15) is 4.79 Å². The molecule has 0 unspecified atom stereocenters. The molecule has 1 fully saturated rings. The van der Waals surface area contributed by atoms with E-state index < -0.39 is 0 Å². The number of hydrogen-bond acceptors (Lipinski definition) is 3. The van der Waals surface area contributed by atoms with Gasteiger partial charge in [0, 0.05) is 0 Å². The summed E-state index contributed by atoms with van der Waals surface area (Å²) in [6.07, 6.45) is 0.455. The molecule has 1 atom stereocenters. The van der Waals surface area contributed by atoms with Crippen molar-refractivity contribution in [3.05, 3.63) is 0 Å². The third-order valence-electron chi connectivity index (χ3n) is 1.75. The van der Waals surface area contributed by atoms with Gasteiger partial charge in [-0.1, -0.05) is 0 Å². The molecule has 0 radical (unpaired) electrons. The Balaban J connectivity index is 2.19. The van der Waals surface area contributed by atoms with Gasteiger partial charge in [-0.3, -0.25) is 4.79 Å². The molecule has 4 nitrogen and oxygen atoms in total. The van der Waals surface area contributed by atoms with E-state index in [0.29, 0.717) is 13.0 Å². The Labute approximate surface area is 65.9 Å². The van der Waals surface area contributed by atoms with E-state index in [1.807, 2.05) is 0 Å². The van der Waals surface area contributed by atoms with Gasteiger partial charge < -0.3 is 14.8 Å². The van der Waals surface area contributed by atoms with Crippen molar-refractivity contribution in [3.63, 3.8) is 0 Å². The number of methoxy groups -OCH3 is 1. The number of rotatable bonds is 2. The van der Waals surface area contributed by atoms with Crippen LogP contribution in [0.15, 0.2) is 0 Å². The third-order valence-corrected chi connectivity index (χ3v) is 1.75. The highest BCUT2D eigenvalue weighted by molar-refractivity contribution is 5.69. The largest absolute Gasteiger partial charge is 0.469 e. The zero-order chi connectivity index (χ0) is 8.10. The quantitative estimate of drug-likeness (QED) is 0.501. The molecule has 1 rings (SSSR count). The number of hydrogen-bond donors (Lipinski definition) is 1. The highest BCUT2D eigenvalue weighted by atomic mass is 16.5. The molecule has 1 saturated heterocycles. The minimum Gasteiger partial charge on any atom is -0.469 e. The van der Waals surface area contributed by atoms with Crippen LogP contribution >= 0.6 is 0 Å². The summed E-state index contributed by atoms with van der Waals surface area (Å²) in [5.74, 6) is -0.156. The molecule has 1 aliphatic heterocycles. The number of morpholine rings is 1. The Kier molecular flexibility index (Phi) is 3.32. The maximum absolute atomic E-state index is 10.8. The van der Waals surface area contributed by atoms with Crippen LogP contribution in [0.3, 0.4) is 0 Å². The molecule has 0 aromatic carbocycles. The standard InChI is InChI=1S/C7H13NO3/c1-10-7(9)4-6-5-11-3-2-8-6/h6,8H,2-5H2,1H3/p+1/t6-/m1/s1. The monoisotopic (exact) mass is 160 g/mol. The Hall–Kier alpha value is -0.610. The van der Waals surface area contributed by atoms with Crippen molar-refractivity contribution >= 4 is 5.97 Å². The minimum atomic E-state index is -0.156. The SMILES string of the molecule is COC(=O)C[C@@H]1COCC[NH2+]1. The molecule has 0 amide bonds. The van der Waals surface area contributed by atoms with Crippen LogP contribution in [0.25, 0.3) is 0 Å². The molecule has 4 heteroatoms. The van der Waals surface area contributed by atoms with Crippen molar-refractivity contribution in [1.29, 1.82) is 0 Å². The first-order chi connectivity index (χ1) is 5.33. The molecule has 2 N–H and O–H groups in total. The average molecular weight is 160 g/mol. The molecular weight excluding hydrogens is 146 g/mol. The highest BCUT2D eigenvalue weighted by Crippen LogP contribution is 1.93. The first-order valence-electron chi connectivity index (χ1n) is 3.81. The van der Waals surface area contributed by atoms with Gasteiger partial charge in [0.25, 0.3) is 0 Å². The lowest BCUT2D eigenvalue weighted by atomic mass is 10.2. The third kappa shape index (κ3) is 2.86. The zero-order valence-corrected chi connectivity index (χ0v) is 6.71. The van der Waals surface area contributed by atoms with Gasteiger partial charge in [0.1, 0.15) is 6.04 Å². The van der Waals surface area contributed by atoms with Crippen molar-refractivity contribution in [2.75, 3.05) is 26.9 Å². The molecule has 64 valence electrons. The number of carbonyl (C=O) groups is 1. The smallest absolute Gasteiger partial charge is 0.311 e. The number of esters is 1. The van der Waals surface area contributed by atoms with Gasteiger partial charge in [0.05, 0.1) is 33.3 Å². The molecular formula is C7H14NO3+. The predicted octanol–water partition coefficient (Wildman–Crippen LogP) is -1.49. The highest BCUT2D eigenvalue weighted by Gasteiger charge is 2.20. The van der Waals surface area contributed by atoms with Crippen molar-refractivity contribution < 1.29 is 19.6 Å². The van der Waals surface area contributed by atoms with E-state index in [-0.39, 0.29) is 12.0 Å². The molecule has 1 heterocycles. The second-order valence-electron chi connectivity index (χ2n) is 2.64. The molecule has 0 saturated carbocycles. The van der Waals surface area contributed by atoms with Crippen LogP contribution in [-0.2, 0) is 14.3 Å². The van der Waals surface area contributed by atoms with Crippen LogP contribution in [0.5, 0.6) is 0 Å². The van der Waals surface area contributed by atoms with Crippen molar-refractivity contribution in [1.82, 2.24) is 0 Å². The minimum absolute atomic E-state index is 0.156. The maximum atomic E-state index is 10.8. The molecule has 0 aliphatic carbocycles. The van der Waals surface area contributed by atoms with E-state index in [1.54, 1.807) is 0 Å². The summed E-state index contributed by atoms with van der Waals surface area (Å²) >= 11 is 0. The predicted molar refractivity (Wildman–Crippen MR) is 38.0 cm³/mol. The Morgan fingerprint density at radius 3 is 3.18 bits per heavy atom. The van der Waals surface area contributed by atoms with E-state index in [4.69, 9.17) is 4.74 Å². The second kappa shape index (κ2) is 4.31. The van der Waals surface area contributed by atoms with Gasteiger partial charge in [-0.2, -0.15) is 0 Å². The summed E-state index contributed by atoms with van der Waals surface area (Å²) in [6.45, 7) is 2.40. The molecule has 0 bridgehead atoms. The van der Waals surface area contributed by atoms with E-state index in [0.717, 1.165) is 13.2 Å². The van der Waals surface area contributed by atoms with Crippen LogP contribution in [0.4, 0.5) is 0 Å². The second-order valence-corrected chi connectivity index (χ2v) is 2.64. The molecule has 0 aromatic heterocycles. The van der Waals surface area contributed by atoms with Gasteiger partial charge in [0.15, 0.2) is 0 Å². The van der Waals surface area contributed by atoms with Crippen molar-refractivity contribution in [2.24, 2.45) is 0 Å². The summed E-state index contributed by atoms with van der Waals surface area (Å²) < 4.78 is 9.73. The molecule has 11 heavy (non-hydrogen) atoms. The number of nitrogens with two attached hydrogens (primary N) is 1. The van der Waals surface area contributed by atoms with Crippen LogP contribution in [0.2, 0.25) is 0 Å². The first kappa shape index (κ1) is 8.49. The fourth-order valence-corrected chi connectivity index (χ4v) is 1.13. The maximum Gasteiger partial charge on any atom is 0.311 e. The fourth-order valence-electron chi connectivity index (χ4n) is 1.13. The van der Waals surface area contributed by atoms with Crippen LogP contribution in [-0.4, -0.2) is 38.9 Å². The van der Waals surface area contributed by atoms with Crippen LogP contribution in [0, 0.1) is 0 Å². The number of ether oxygens (including phenoxy) is 2. The molecule has 0 spiro atoms. The zero-order valence-electron chi connectivity index (χ0n) is 6.71. The molecule has 1 aliphatic rings. The van der Waals surface area contributed by atoms with Gasteiger partial charge in [-0.25, -0.2) is 0 Å². The van der Waals surface area contributed by atoms with Gasteiger partial charge in [0.2, 0.25) is 0 Å². The van der Waals surface area contributed by atoms with Gasteiger partial charge in [-0.05, 0) is 0 Å². The molecule has 0 aromatic rings. The lowest BCUT2D eigenvalue weighted by molar-refractivity contribution is -0.704. The number of quaternary nitrogens is 1. The van der Waals surface area contributed by atoms with Crippen LogP contribution in [0.1, 0.15) is 6.42 Å². The number of carbonyl (C=O) groups excluding carboxylic acids is 1. The van der Waals surface area contributed by atoms with Gasteiger partial charge >= 0.3 is 5.97 Å². The normalized spacial score (nSPS) is 24.6. The summed E-state index contributed by atoms with van der Waals surface area (Å²) in [7, 11) is 1.41. The average Bonchev–Trinajstić information content (AvgIpc) is 2.06. The lowest BCUT2D eigenvalue weighted by Crippen LogP contribution is -2.93. The van der Waals surface area contributed by atoms with Crippen LogP contribution < -0.4 is 5.32 Å². The summed E-state index contributed by atoms with van der Waals surface area (Å²) in [6, 6.07) is 0.260. The van der Waals surface area contributed by atoms with Gasteiger partial charge in [-0.15, -0.1) is 0 Å². The first-order valence-corrected chi connectivity index (χ1v) is 3.81. The lowest BCUT2D eigenvalue weighted by Gasteiger charge is -2.19.